The molecule has 3 nitrogen and oxygen atoms in total. The molecule has 1 aromatic rings. The lowest BCUT2D eigenvalue weighted by Crippen LogP contribution is -2.28. The second-order valence-electron chi connectivity index (χ2n) is 4.10. The van der Waals surface area contributed by atoms with Crippen molar-refractivity contribution in [1.29, 1.82) is 0 Å². The fourth-order valence-electron chi connectivity index (χ4n) is 2.23. The second-order valence-corrected chi connectivity index (χ2v) is 4.10. The zero-order chi connectivity index (χ0) is 11.0. The number of hydrogen-bond donors (Lipinski definition) is 0. The molecular formula is C12H16N2O. The molecule has 0 N–H and O–H groups in total. The third kappa shape index (κ3) is 1.48. The van der Waals surface area contributed by atoms with Gasteiger partial charge in [-0.15, -0.1) is 0 Å². The highest BCUT2D eigenvalue weighted by atomic mass is 16.2. The van der Waals surface area contributed by atoms with Crippen molar-refractivity contribution in [2.24, 2.45) is 0 Å². The van der Waals surface area contributed by atoms with Crippen molar-refractivity contribution in [1.82, 2.24) is 9.80 Å². The predicted octanol–water partition coefficient (Wildman–Crippen LogP) is 2.11. The third-order valence-electron chi connectivity index (χ3n) is 3.23. The Balaban J connectivity index is 2.35. The number of nitrogens with zero attached hydrogens (tertiary/aromatic N) is 2. The summed E-state index contributed by atoms with van der Waals surface area (Å²) in [5.74, 6) is 0. The van der Waals surface area contributed by atoms with Crippen molar-refractivity contribution < 1.29 is 4.79 Å². The number of carbonyl (C=O) groups is 1. The molecule has 0 saturated carbocycles. The predicted molar refractivity (Wildman–Crippen MR) is 59.6 cm³/mol. The molecule has 15 heavy (non-hydrogen) atoms. The highest BCUT2D eigenvalue weighted by molar-refractivity contribution is 5.77. The molecule has 1 aliphatic heterocycles. The molecule has 0 radical (unpaired) electrons. The van der Waals surface area contributed by atoms with Crippen LogP contribution in [-0.4, -0.2) is 36.0 Å². The van der Waals surface area contributed by atoms with E-state index in [1.165, 1.54) is 5.56 Å². The first-order valence-corrected chi connectivity index (χ1v) is 5.17. The van der Waals surface area contributed by atoms with Gasteiger partial charge in [0.25, 0.3) is 0 Å². The molecule has 3 heteroatoms. The summed E-state index contributed by atoms with van der Waals surface area (Å²) < 4.78 is 0. The van der Waals surface area contributed by atoms with Gasteiger partial charge in [-0.2, -0.15) is 0 Å². The van der Waals surface area contributed by atoms with E-state index in [2.05, 4.69) is 19.1 Å². The van der Waals surface area contributed by atoms with Gasteiger partial charge in [-0.1, -0.05) is 30.3 Å². The van der Waals surface area contributed by atoms with Gasteiger partial charge in [-0.25, -0.2) is 4.79 Å². The first-order valence-electron chi connectivity index (χ1n) is 5.17. The van der Waals surface area contributed by atoms with E-state index in [1.54, 1.807) is 9.80 Å². The molecule has 0 spiro atoms. The van der Waals surface area contributed by atoms with Crippen LogP contribution in [0, 0.1) is 0 Å². The van der Waals surface area contributed by atoms with E-state index in [9.17, 15) is 4.79 Å². The lowest BCUT2D eigenvalue weighted by molar-refractivity contribution is 0.200. The Morgan fingerprint density at radius 3 is 2.13 bits per heavy atom. The van der Waals surface area contributed by atoms with E-state index in [-0.39, 0.29) is 18.1 Å². The number of urea groups is 1. The molecule has 80 valence electrons. The number of amides is 2. The van der Waals surface area contributed by atoms with E-state index in [4.69, 9.17) is 0 Å². The van der Waals surface area contributed by atoms with Crippen molar-refractivity contribution in [2.75, 3.05) is 14.1 Å². The van der Waals surface area contributed by atoms with Gasteiger partial charge in [-0.05, 0) is 12.5 Å². The third-order valence-corrected chi connectivity index (χ3v) is 3.23. The molecule has 1 heterocycles. The molecule has 2 rings (SSSR count). The Morgan fingerprint density at radius 2 is 1.67 bits per heavy atom. The molecule has 0 bridgehead atoms. The van der Waals surface area contributed by atoms with Crippen LogP contribution in [0.2, 0.25) is 0 Å². The van der Waals surface area contributed by atoms with Gasteiger partial charge < -0.3 is 9.80 Å². The van der Waals surface area contributed by atoms with Crippen molar-refractivity contribution in [3.63, 3.8) is 0 Å². The highest BCUT2D eigenvalue weighted by Gasteiger charge is 2.39. The zero-order valence-electron chi connectivity index (χ0n) is 9.34. The lowest BCUT2D eigenvalue weighted by Gasteiger charge is -2.22. The van der Waals surface area contributed by atoms with E-state index >= 15 is 0 Å². The Labute approximate surface area is 90.3 Å². The maximum Gasteiger partial charge on any atom is 0.320 e. The van der Waals surface area contributed by atoms with Crippen molar-refractivity contribution in [3.8, 4) is 0 Å². The number of carbonyl (C=O) groups excluding carboxylic acids is 1. The maximum atomic E-state index is 11.8. The van der Waals surface area contributed by atoms with Gasteiger partial charge in [0.1, 0.15) is 0 Å². The molecule has 1 aliphatic rings. The molecule has 0 unspecified atom stereocenters. The quantitative estimate of drug-likeness (QED) is 0.687. The van der Waals surface area contributed by atoms with Crippen molar-refractivity contribution in [3.05, 3.63) is 35.9 Å². The zero-order valence-corrected chi connectivity index (χ0v) is 9.34. The Morgan fingerprint density at radius 1 is 1.07 bits per heavy atom. The van der Waals surface area contributed by atoms with Gasteiger partial charge in [0.2, 0.25) is 0 Å². The van der Waals surface area contributed by atoms with E-state index in [1.807, 2.05) is 32.3 Å². The van der Waals surface area contributed by atoms with Crippen LogP contribution in [0.3, 0.4) is 0 Å². The molecule has 2 atom stereocenters. The van der Waals surface area contributed by atoms with Gasteiger partial charge in [-0.3, -0.25) is 0 Å². The Hall–Kier alpha value is -1.51. The average molecular weight is 204 g/mol. The largest absolute Gasteiger partial charge is 0.323 e. The second kappa shape index (κ2) is 3.57. The fraction of sp³-hybridized carbons (Fsp3) is 0.417. The molecular weight excluding hydrogens is 188 g/mol. The first-order chi connectivity index (χ1) is 7.13. The summed E-state index contributed by atoms with van der Waals surface area (Å²) in [6.45, 7) is 2.08. The van der Waals surface area contributed by atoms with Crippen LogP contribution in [0.4, 0.5) is 4.79 Å². The molecule has 0 aromatic heterocycles. The standard InChI is InChI=1S/C12H16N2O/c1-9-11(10-7-5-4-6-8-10)14(3)12(15)13(9)2/h4-9,11H,1-3H3/t9-,11-/m0/s1. The summed E-state index contributed by atoms with van der Waals surface area (Å²) in [6.07, 6.45) is 0. The number of rotatable bonds is 1. The fourth-order valence-corrected chi connectivity index (χ4v) is 2.23. The number of benzene rings is 1. The van der Waals surface area contributed by atoms with Crippen molar-refractivity contribution >= 4 is 6.03 Å². The summed E-state index contributed by atoms with van der Waals surface area (Å²) in [5.41, 5.74) is 1.20. The topological polar surface area (TPSA) is 23.6 Å². The molecule has 0 aliphatic carbocycles. The van der Waals surface area contributed by atoms with Crippen molar-refractivity contribution in [2.45, 2.75) is 19.0 Å². The maximum absolute atomic E-state index is 11.8. The number of hydrogen-bond acceptors (Lipinski definition) is 1. The molecule has 2 amide bonds. The van der Waals surface area contributed by atoms with Crippen LogP contribution in [0.25, 0.3) is 0 Å². The van der Waals surface area contributed by atoms with Crippen LogP contribution in [0.5, 0.6) is 0 Å². The first kappa shape index (κ1) is 10.0. The van der Waals surface area contributed by atoms with E-state index in [0.29, 0.717) is 0 Å². The molecule has 1 aromatic carbocycles. The van der Waals surface area contributed by atoms with Crippen LogP contribution >= 0.6 is 0 Å². The van der Waals surface area contributed by atoms with Gasteiger partial charge in [0, 0.05) is 14.1 Å². The van der Waals surface area contributed by atoms with Crippen LogP contribution in [-0.2, 0) is 0 Å². The smallest absolute Gasteiger partial charge is 0.320 e. The lowest BCUT2D eigenvalue weighted by atomic mass is 10.0. The molecule has 1 saturated heterocycles. The minimum absolute atomic E-state index is 0.0938. The van der Waals surface area contributed by atoms with Crippen LogP contribution in [0.15, 0.2) is 30.3 Å². The van der Waals surface area contributed by atoms with E-state index in [0.717, 1.165) is 0 Å². The SMILES string of the molecule is C[C@H]1[C@@H](c2ccccc2)N(C)C(=O)N1C. The monoisotopic (exact) mass is 204 g/mol. The molecule has 1 fully saturated rings. The van der Waals surface area contributed by atoms with Gasteiger partial charge in [0.05, 0.1) is 12.1 Å². The summed E-state index contributed by atoms with van der Waals surface area (Å²) in [7, 11) is 3.71. The normalized spacial score (nSPS) is 26.2. The summed E-state index contributed by atoms with van der Waals surface area (Å²) in [6, 6.07) is 10.7. The summed E-state index contributed by atoms with van der Waals surface area (Å²) in [5, 5.41) is 0. The van der Waals surface area contributed by atoms with Gasteiger partial charge in [0.15, 0.2) is 0 Å². The Bertz CT molecular complexity index is 363. The number of likely N-dealkylation sites (N-methyl/N-ethyl adjacent to an activating group) is 2. The van der Waals surface area contributed by atoms with Crippen LogP contribution in [0.1, 0.15) is 18.5 Å². The highest BCUT2D eigenvalue weighted by Crippen LogP contribution is 2.32. The van der Waals surface area contributed by atoms with Gasteiger partial charge >= 0.3 is 6.03 Å². The summed E-state index contributed by atoms with van der Waals surface area (Å²) >= 11 is 0. The average Bonchev–Trinajstić information content (AvgIpc) is 2.45. The minimum atomic E-state index is 0.0938. The van der Waals surface area contributed by atoms with E-state index < -0.39 is 0 Å². The van der Waals surface area contributed by atoms with Crippen LogP contribution < -0.4 is 0 Å². The summed E-state index contributed by atoms with van der Waals surface area (Å²) in [4.78, 5) is 15.3. The Kier molecular flexibility index (Phi) is 2.39. The minimum Gasteiger partial charge on any atom is -0.323 e.